The number of nitrogens with one attached hydrogen (secondary N) is 1. The number of aliphatic imine (C=N–C) groups is 1. The number of ether oxygens (including phenoxy) is 1. The molecule has 0 aromatic rings. The van der Waals surface area contributed by atoms with Crippen molar-refractivity contribution >= 4 is 11.9 Å². The van der Waals surface area contributed by atoms with Gasteiger partial charge in [0.15, 0.2) is 5.96 Å². The van der Waals surface area contributed by atoms with Crippen LogP contribution in [0.4, 0.5) is 0 Å². The number of fused-ring (bicyclic) bond motifs is 2. The molecule has 5 fully saturated rings. The van der Waals surface area contributed by atoms with Crippen molar-refractivity contribution in [3.05, 3.63) is 0 Å². The number of carbonyl (C=O) groups is 1. The van der Waals surface area contributed by atoms with Crippen LogP contribution >= 0.6 is 0 Å². The summed E-state index contributed by atoms with van der Waals surface area (Å²) in [6.07, 6.45) is 9.25. The average molecular weight is 418 g/mol. The van der Waals surface area contributed by atoms with Gasteiger partial charge in [-0.05, 0) is 39.0 Å². The van der Waals surface area contributed by atoms with Gasteiger partial charge in [0.2, 0.25) is 5.91 Å². The van der Waals surface area contributed by atoms with Crippen LogP contribution in [0.2, 0.25) is 0 Å². The molecule has 0 aromatic heterocycles. The van der Waals surface area contributed by atoms with E-state index in [0.29, 0.717) is 29.4 Å². The third-order valence-corrected chi connectivity index (χ3v) is 8.72. The number of likely N-dealkylation sites (tertiary alicyclic amines) is 1. The van der Waals surface area contributed by atoms with E-state index in [-0.39, 0.29) is 6.04 Å². The van der Waals surface area contributed by atoms with Crippen molar-refractivity contribution in [3.8, 4) is 0 Å². The molecule has 2 saturated carbocycles. The van der Waals surface area contributed by atoms with E-state index in [2.05, 4.69) is 31.9 Å². The van der Waals surface area contributed by atoms with E-state index in [9.17, 15) is 4.79 Å². The van der Waals surface area contributed by atoms with Gasteiger partial charge in [-0.25, -0.2) is 0 Å². The SMILES string of the molecule is CN=C(NC1C2CCOC2C12CCCC2)N1CCN(C(C)C(=O)N2CCCC2)CC1. The lowest BCUT2D eigenvalue weighted by Crippen LogP contribution is -2.70. The second-order valence-corrected chi connectivity index (χ2v) is 10.1. The molecule has 5 aliphatic rings. The third-order valence-electron chi connectivity index (χ3n) is 8.72. The fraction of sp³-hybridized carbons (Fsp3) is 0.913. The minimum absolute atomic E-state index is 0.00925. The van der Waals surface area contributed by atoms with Crippen molar-refractivity contribution in [3.63, 3.8) is 0 Å². The van der Waals surface area contributed by atoms with Gasteiger partial charge in [0.1, 0.15) is 0 Å². The summed E-state index contributed by atoms with van der Waals surface area (Å²) in [5.41, 5.74) is 0.343. The van der Waals surface area contributed by atoms with Crippen molar-refractivity contribution in [1.82, 2.24) is 20.0 Å². The second-order valence-electron chi connectivity index (χ2n) is 10.1. The maximum Gasteiger partial charge on any atom is 0.239 e. The van der Waals surface area contributed by atoms with Gasteiger partial charge in [0.25, 0.3) is 0 Å². The number of nitrogens with zero attached hydrogens (tertiary/aromatic N) is 4. The molecule has 0 aromatic carbocycles. The van der Waals surface area contributed by atoms with Crippen LogP contribution in [0, 0.1) is 11.3 Å². The summed E-state index contributed by atoms with van der Waals surface area (Å²) < 4.78 is 6.15. The Morgan fingerprint density at radius 2 is 1.73 bits per heavy atom. The Morgan fingerprint density at radius 3 is 2.40 bits per heavy atom. The summed E-state index contributed by atoms with van der Waals surface area (Å²) in [6, 6.07) is 0.505. The predicted octanol–water partition coefficient (Wildman–Crippen LogP) is 1.54. The van der Waals surface area contributed by atoms with Crippen molar-refractivity contribution in [2.45, 2.75) is 70.1 Å². The van der Waals surface area contributed by atoms with Crippen molar-refractivity contribution < 1.29 is 9.53 Å². The van der Waals surface area contributed by atoms with E-state index in [1.165, 1.54) is 32.1 Å². The first-order valence-corrected chi connectivity index (χ1v) is 12.3. The highest BCUT2D eigenvalue weighted by Gasteiger charge is 2.65. The van der Waals surface area contributed by atoms with Crippen LogP contribution < -0.4 is 5.32 Å². The van der Waals surface area contributed by atoms with Crippen LogP contribution in [0.25, 0.3) is 0 Å². The second kappa shape index (κ2) is 8.30. The Kier molecular flexibility index (Phi) is 5.69. The lowest BCUT2D eigenvalue weighted by molar-refractivity contribution is -0.135. The van der Waals surface area contributed by atoms with Crippen LogP contribution in [0.15, 0.2) is 4.99 Å². The van der Waals surface area contributed by atoms with Crippen LogP contribution in [-0.2, 0) is 9.53 Å². The first-order valence-electron chi connectivity index (χ1n) is 12.3. The number of amides is 1. The lowest BCUT2D eigenvalue weighted by atomic mass is 9.54. The Labute approximate surface area is 181 Å². The molecule has 4 unspecified atom stereocenters. The van der Waals surface area contributed by atoms with Crippen LogP contribution in [0.3, 0.4) is 0 Å². The molecule has 3 heterocycles. The number of guanidine groups is 1. The molecular formula is C23H39N5O2. The van der Waals surface area contributed by atoms with Crippen molar-refractivity contribution in [2.24, 2.45) is 16.3 Å². The molecule has 3 saturated heterocycles. The van der Waals surface area contributed by atoms with Gasteiger partial charge in [-0.2, -0.15) is 0 Å². The molecule has 7 nitrogen and oxygen atoms in total. The van der Waals surface area contributed by atoms with Crippen LogP contribution in [0.1, 0.15) is 51.9 Å². The molecule has 168 valence electrons. The zero-order valence-corrected chi connectivity index (χ0v) is 18.8. The highest BCUT2D eigenvalue weighted by atomic mass is 16.5. The van der Waals surface area contributed by atoms with Crippen molar-refractivity contribution in [2.75, 3.05) is 52.9 Å². The molecule has 4 atom stereocenters. The fourth-order valence-electron chi connectivity index (χ4n) is 7.02. The van der Waals surface area contributed by atoms with Gasteiger partial charge in [-0.1, -0.05) is 12.8 Å². The highest BCUT2D eigenvalue weighted by molar-refractivity contribution is 5.82. The van der Waals surface area contributed by atoms with Gasteiger partial charge in [-0.3, -0.25) is 14.7 Å². The van der Waals surface area contributed by atoms with Crippen molar-refractivity contribution in [1.29, 1.82) is 0 Å². The summed E-state index contributed by atoms with van der Waals surface area (Å²) in [7, 11) is 1.91. The molecule has 3 aliphatic heterocycles. The van der Waals surface area contributed by atoms with E-state index in [1.54, 1.807) is 0 Å². The number of rotatable bonds is 3. The molecule has 0 bridgehead atoms. The maximum atomic E-state index is 12.8. The van der Waals surface area contributed by atoms with E-state index in [0.717, 1.165) is 64.7 Å². The van der Waals surface area contributed by atoms with E-state index in [1.807, 2.05) is 7.05 Å². The number of hydrogen-bond donors (Lipinski definition) is 1. The molecule has 5 rings (SSSR count). The molecule has 1 spiro atoms. The Hall–Kier alpha value is -1.34. The molecule has 30 heavy (non-hydrogen) atoms. The topological polar surface area (TPSA) is 60.4 Å². The Morgan fingerprint density at radius 1 is 1.03 bits per heavy atom. The predicted molar refractivity (Wildman–Crippen MR) is 117 cm³/mol. The zero-order chi connectivity index (χ0) is 20.7. The average Bonchev–Trinajstić information content (AvgIpc) is 3.54. The Balaban J connectivity index is 1.18. The summed E-state index contributed by atoms with van der Waals surface area (Å²) in [6.45, 7) is 8.60. The van der Waals surface area contributed by atoms with Crippen LogP contribution in [0.5, 0.6) is 0 Å². The Bertz CT molecular complexity index is 663. The van der Waals surface area contributed by atoms with Crippen LogP contribution in [-0.4, -0.2) is 97.7 Å². The lowest BCUT2D eigenvalue weighted by Gasteiger charge is -2.57. The molecule has 1 N–H and O–H groups in total. The summed E-state index contributed by atoms with van der Waals surface area (Å²) >= 11 is 0. The van der Waals surface area contributed by atoms with Gasteiger partial charge in [0, 0.05) is 70.3 Å². The van der Waals surface area contributed by atoms with Gasteiger partial charge in [-0.15, -0.1) is 0 Å². The number of piperazine rings is 1. The van der Waals surface area contributed by atoms with E-state index in [4.69, 9.17) is 4.74 Å². The molecule has 0 radical (unpaired) electrons. The summed E-state index contributed by atoms with van der Waals surface area (Å²) in [5, 5.41) is 3.89. The standard InChI is InChI=1S/C23H39N5O2/c1-17(21(29)27-10-5-6-11-27)26-12-14-28(15-13-26)22(24-2)25-19-18-7-16-30-20(18)23(19)8-3-4-9-23/h17-20H,3-16H2,1-2H3,(H,24,25). The molecule has 2 aliphatic carbocycles. The minimum Gasteiger partial charge on any atom is -0.377 e. The summed E-state index contributed by atoms with van der Waals surface area (Å²) in [4.78, 5) is 24.3. The van der Waals surface area contributed by atoms with E-state index < -0.39 is 0 Å². The third kappa shape index (κ3) is 3.32. The van der Waals surface area contributed by atoms with E-state index >= 15 is 0 Å². The highest BCUT2D eigenvalue weighted by Crippen LogP contribution is 2.60. The van der Waals surface area contributed by atoms with Gasteiger partial charge >= 0.3 is 0 Å². The smallest absolute Gasteiger partial charge is 0.239 e. The summed E-state index contributed by atoms with van der Waals surface area (Å²) in [5.74, 6) is 2.02. The molecule has 7 heteroatoms. The normalized spacial score (nSPS) is 34.9. The molecular weight excluding hydrogens is 378 g/mol. The molecule has 1 amide bonds. The first-order chi connectivity index (χ1) is 14.6. The fourth-order valence-corrected chi connectivity index (χ4v) is 7.02. The number of carbonyl (C=O) groups excluding carboxylic acids is 1. The first kappa shape index (κ1) is 20.6. The maximum absolute atomic E-state index is 12.8. The zero-order valence-electron chi connectivity index (χ0n) is 18.8. The monoisotopic (exact) mass is 417 g/mol. The largest absolute Gasteiger partial charge is 0.377 e. The van der Waals surface area contributed by atoms with Gasteiger partial charge in [0.05, 0.1) is 12.1 Å². The quantitative estimate of drug-likeness (QED) is 0.558. The minimum atomic E-state index is -0.00925. The van der Waals surface area contributed by atoms with Gasteiger partial charge < -0.3 is 19.9 Å². The number of hydrogen-bond acceptors (Lipinski definition) is 4.